The second-order valence-electron chi connectivity index (χ2n) is 5.29. The molecule has 102 valence electrons. The van der Waals surface area contributed by atoms with Gasteiger partial charge in [0.2, 0.25) is 0 Å². The summed E-state index contributed by atoms with van der Waals surface area (Å²) in [7, 11) is 2.10. The van der Waals surface area contributed by atoms with Crippen LogP contribution in [0.5, 0.6) is 0 Å². The zero-order chi connectivity index (χ0) is 13.2. The molecule has 0 unspecified atom stereocenters. The molecule has 0 spiro atoms. The van der Waals surface area contributed by atoms with Gasteiger partial charge in [-0.1, -0.05) is 13.0 Å². The number of imidazole rings is 1. The van der Waals surface area contributed by atoms with Crippen molar-refractivity contribution < 1.29 is 0 Å². The highest BCUT2D eigenvalue weighted by Gasteiger charge is 2.11. The highest BCUT2D eigenvalue weighted by molar-refractivity contribution is 5.76. The van der Waals surface area contributed by atoms with Crippen LogP contribution in [-0.4, -0.2) is 40.6 Å². The maximum Gasteiger partial charge on any atom is 0.109 e. The van der Waals surface area contributed by atoms with Gasteiger partial charge in [-0.05, 0) is 17.7 Å². The SMILES string of the molecule is CCc1nc2cc(CN3CCNCC3)ccc2n1C. The number of aromatic nitrogens is 2. The van der Waals surface area contributed by atoms with Crippen molar-refractivity contribution in [1.82, 2.24) is 19.8 Å². The Hall–Kier alpha value is -1.39. The van der Waals surface area contributed by atoms with Crippen molar-refractivity contribution >= 4 is 11.0 Å². The number of fused-ring (bicyclic) bond motifs is 1. The van der Waals surface area contributed by atoms with Gasteiger partial charge in [-0.2, -0.15) is 0 Å². The molecule has 0 atom stereocenters. The normalized spacial score (nSPS) is 17.2. The first kappa shape index (κ1) is 12.6. The van der Waals surface area contributed by atoms with Crippen molar-refractivity contribution in [3.8, 4) is 0 Å². The second kappa shape index (κ2) is 5.31. The van der Waals surface area contributed by atoms with Crippen molar-refractivity contribution in [1.29, 1.82) is 0 Å². The van der Waals surface area contributed by atoms with E-state index in [0.29, 0.717) is 0 Å². The van der Waals surface area contributed by atoms with Crippen molar-refractivity contribution in [3.05, 3.63) is 29.6 Å². The highest BCUT2D eigenvalue weighted by atomic mass is 15.2. The zero-order valence-corrected chi connectivity index (χ0v) is 11.8. The quantitative estimate of drug-likeness (QED) is 0.906. The molecule has 0 aliphatic carbocycles. The Morgan fingerprint density at radius 1 is 1.26 bits per heavy atom. The van der Waals surface area contributed by atoms with Gasteiger partial charge in [0.15, 0.2) is 0 Å². The van der Waals surface area contributed by atoms with Crippen molar-refractivity contribution in [2.45, 2.75) is 19.9 Å². The third kappa shape index (κ3) is 2.51. The first-order chi connectivity index (χ1) is 9.28. The van der Waals surface area contributed by atoms with E-state index in [0.717, 1.165) is 50.5 Å². The molecule has 2 aromatic rings. The van der Waals surface area contributed by atoms with Crippen LogP contribution in [0.25, 0.3) is 11.0 Å². The second-order valence-corrected chi connectivity index (χ2v) is 5.29. The molecule has 1 fully saturated rings. The van der Waals surface area contributed by atoms with Crippen LogP contribution in [0.4, 0.5) is 0 Å². The summed E-state index contributed by atoms with van der Waals surface area (Å²) in [5.41, 5.74) is 3.74. The Bertz CT molecular complexity index is 567. The van der Waals surface area contributed by atoms with Crippen LogP contribution >= 0.6 is 0 Å². The summed E-state index contributed by atoms with van der Waals surface area (Å²) in [6.45, 7) is 7.68. The molecule has 4 heteroatoms. The summed E-state index contributed by atoms with van der Waals surface area (Å²) in [5, 5.41) is 3.39. The maximum atomic E-state index is 4.72. The smallest absolute Gasteiger partial charge is 0.109 e. The fourth-order valence-corrected chi connectivity index (χ4v) is 2.84. The van der Waals surface area contributed by atoms with Crippen LogP contribution in [0.2, 0.25) is 0 Å². The molecule has 1 aliphatic heterocycles. The van der Waals surface area contributed by atoms with Gasteiger partial charge in [0, 0.05) is 46.2 Å². The van der Waals surface area contributed by atoms with Gasteiger partial charge < -0.3 is 9.88 Å². The number of benzene rings is 1. The van der Waals surface area contributed by atoms with Crippen LogP contribution < -0.4 is 5.32 Å². The molecule has 0 amide bonds. The van der Waals surface area contributed by atoms with E-state index in [9.17, 15) is 0 Å². The lowest BCUT2D eigenvalue weighted by Gasteiger charge is -2.27. The van der Waals surface area contributed by atoms with Crippen molar-refractivity contribution in [2.75, 3.05) is 26.2 Å². The first-order valence-corrected chi connectivity index (χ1v) is 7.15. The number of nitrogens with zero attached hydrogens (tertiary/aromatic N) is 3. The molecular formula is C15H22N4. The standard InChI is InChI=1S/C15H22N4/c1-3-15-17-13-10-12(4-5-14(13)18(15)2)11-19-8-6-16-7-9-19/h4-5,10,16H,3,6-9,11H2,1-2H3. The molecule has 2 heterocycles. The number of rotatable bonds is 3. The molecule has 0 saturated carbocycles. The minimum Gasteiger partial charge on any atom is -0.331 e. The minimum atomic E-state index is 0.984. The predicted molar refractivity (Wildman–Crippen MR) is 78.2 cm³/mol. The summed E-state index contributed by atoms with van der Waals surface area (Å²) in [6.07, 6.45) is 0.984. The molecule has 4 nitrogen and oxygen atoms in total. The number of aryl methyl sites for hydroxylation is 2. The summed E-state index contributed by atoms with van der Waals surface area (Å²) >= 11 is 0. The number of piperazine rings is 1. The molecular weight excluding hydrogens is 236 g/mol. The first-order valence-electron chi connectivity index (χ1n) is 7.15. The van der Waals surface area contributed by atoms with Gasteiger partial charge in [0.1, 0.15) is 5.82 Å². The van der Waals surface area contributed by atoms with Gasteiger partial charge in [-0.3, -0.25) is 4.90 Å². The van der Waals surface area contributed by atoms with Crippen molar-refractivity contribution in [3.63, 3.8) is 0 Å². The van der Waals surface area contributed by atoms with E-state index in [1.807, 2.05) is 0 Å². The number of nitrogens with one attached hydrogen (secondary N) is 1. The summed E-state index contributed by atoms with van der Waals surface area (Å²) in [5.74, 6) is 1.16. The predicted octanol–water partition coefficient (Wildman–Crippen LogP) is 1.54. The summed E-state index contributed by atoms with van der Waals surface area (Å²) in [4.78, 5) is 7.22. The van der Waals surface area contributed by atoms with Crippen LogP contribution in [0.15, 0.2) is 18.2 Å². The van der Waals surface area contributed by atoms with Crippen LogP contribution in [0.3, 0.4) is 0 Å². The molecule has 1 N–H and O–H groups in total. The zero-order valence-electron chi connectivity index (χ0n) is 11.8. The van der Waals surface area contributed by atoms with Crippen LogP contribution in [0, 0.1) is 0 Å². The molecule has 1 aromatic heterocycles. The summed E-state index contributed by atoms with van der Waals surface area (Å²) < 4.78 is 2.20. The molecule has 1 aliphatic rings. The van der Waals surface area contributed by atoms with Crippen molar-refractivity contribution in [2.24, 2.45) is 7.05 Å². The largest absolute Gasteiger partial charge is 0.331 e. The average molecular weight is 258 g/mol. The Kier molecular flexibility index (Phi) is 3.53. The van der Waals surface area contributed by atoms with E-state index in [1.165, 1.54) is 11.1 Å². The highest BCUT2D eigenvalue weighted by Crippen LogP contribution is 2.18. The number of hydrogen-bond acceptors (Lipinski definition) is 3. The Labute approximate surface area is 114 Å². The third-order valence-electron chi connectivity index (χ3n) is 3.97. The van der Waals surface area contributed by atoms with Gasteiger partial charge in [0.25, 0.3) is 0 Å². The van der Waals surface area contributed by atoms with E-state index < -0.39 is 0 Å². The lowest BCUT2D eigenvalue weighted by atomic mass is 10.2. The van der Waals surface area contributed by atoms with E-state index in [2.05, 4.69) is 47.0 Å². The average Bonchev–Trinajstić information content (AvgIpc) is 2.76. The lowest BCUT2D eigenvalue weighted by Crippen LogP contribution is -2.42. The fraction of sp³-hybridized carbons (Fsp3) is 0.533. The minimum absolute atomic E-state index is 0.984. The lowest BCUT2D eigenvalue weighted by molar-refractivity contribution is 0.233. The maximum absolute atomic E-state index is 4.72. The Morgan fingerprint density at radius 3 is 2.79 bits per heavy atom. The van der Waals surface area contributed by atoms with E-state index >= 15 is 0 Å². The monoisotopic (exact) mass is 258 g/mol. The fourth-order valence-electron chi connectivity index (χ4n) is 2.84. The molecule has 1 aromatic carbocycles. The molecule has 1 saturated heterocycles. The third-order valence-corrected chi connectivity index (χ3v) is 3.97. The van der Waals surface area contributed by atoms with E-state index in [-0.39, 0.29) is 0 Å². The van der Waals surface area contributed by atoms with Gasteiger partial charge in [-0.15, -0.1) is 0 Å². The molecule has 0 bridgehead atoms. The Balaban J connectivity index is 1.84. The van der Waals surface area contributed by atoms with E-state index in [4.69, 9.17) is 4.98 Å². The van der Waals surface area contributed by atoms with Gasteiger partial charge in [0.05, 0.1) is 11.0 Å². The molecule has 3 rings (SSSR count). The van der Waals surface area contributed by atoms with E-state index in [1.54, 1.807) is 0 Å². The molecule has 0 radical (unpaired) electrons. The van der Waals surface area contributed by atoms with Crippen LogP contribution in [0.1, 0.15) is 18.3 Å². The van der Waals surface area contributed by atoms with Crippen LogP contribution in [-0.2, 0) is 20.0 Å². The molecule has 19 heavy (non-hydrogen) atoms. The van der Waals surface area contributed by atoms with Gasteiger partial charge in [-0.25, -0.2) is 4.98 Å². The topological polar surface area (TPSA) is 33.1 Å². The van der Waals surface area contributed by atoms with Gasteiger partial charge >= 0.3 is 0 Å². The summed E-state index contributed by atoms with van der Waals surface area (Å²) in [6, 6.07) is 6.70. The number of hydrogen-bond donors (Lipinski definition) is 1. The Morgan fingerprint density at radius 2 is 2.05 bits per heavy atom.